The van der Waals surface area contributed by atoms with Crippen LogP contribution in [0, 0.1) is 6.92 Å². The second-order valence-electron chi connectivity index (χ2n) is 4.43. The number of ether oxygens (including phenoxy) is 1. The van der Waals surface area contributed by atoms with Gasteiger partial charge in [-0.05, 0) is 13.0 Å². The molecular formula is C12H17N5OS. The van der Waals surface area contributed by atoms with E-state index in [0.717, 1.165) is 42.3 Å². The van der Waals surface area contributed by atoms with Gasteiger partial charge in [-0.1, -0.05) is 0 Å². The minimum absolute atomic E-state index is 0.644. The lowest BCUT2D eigenvalue weighted by atomic mass is 10.3. The van der Waals surface area contributed by atoms with Gasteiger partial charge in [0.1, 0.15) is 4.83 Å². The number of hydrogen-bond acceptors (Lipinski definition) is 7. The van der Waals surface area contributed by atoms with Gasteiger partial charge in [-0.3, -0.25) is 0 Å². The van der Waals surface area contributed by atoms with Gasteiger partial charge in [-0.15, -0.1) is 11.3 Å². The molecule has 0 aromatic carbocycles. The van der Waals surface area contributed by atoms with Crippen LogP contribution >= 0.6 is 11.3 Å². The minimum Gasteiger partial charge on any atom is -0.379 e. The second kappa shape index (κ2) is 5.28. The first-order valence-corrected chi connectivity index (χ1v) is 7.13. The van der Waals surface area contributed by atoms with Crippen molar-refractivity contribution < 1.29 is 4.74 Å². The highest BCUT2D eigenvalue weighted by atomic mass is 32.1. The van der Waals surface area contributed by atoms with Crippen LogP contribution < -0.4 is 10.7 Å². The van der Waals surface area contributed by atoms with Gasteiger partial charge in [0.25, 0.3) is 0 Å². The van der Waals surface area contributed by atoms with Crippen LogP contribution in [0.4, 0.5) is 11.8 Å². The van der Waals surface area contributed by atoms with Gasteiger partial charge in [0.05, 0.1) is 18.6 Å². The van der Waals surface area contributed by atoms with Crippen LogP contribution in [0.2, 0.25) is 0 Å². The Bertz CT molecular complexity index is 579. The largest absolute Gasteiger partial charge is 0.379 e. The summed E-state index contributed by atoms with van der Waals surface area (Å²) in [7, 11) is 1.83. The molecule has 0 saturated carbocycles. The fourth-order valence-electron chi connectivity index (χ4n) is 2.06. The Kier molecular flexibility index (Phi) is 3.50. The molecule has 1 aliphatic rings. The van der Waals surface area contributed by atoms with Crippen LogP contribution in [-0.2, 0) is 4.74 Å². The third-order valence-corrected chi connectivity index (χ3v) is 3.96. The van der Waals surface area contributed by atoms with Crippen molar-refractivity contribution in [3.8, 4) is 0 Å². The Balaban J connectivity index is 1.95. The van der Waals surface area contributed by atoms with Gasteiger partial charge in [0, 0.05) is 25.0 Å². The number of aryl methyl sites for hydroxylation is 1. The highest BCUT2D eigenvalue weighted by Crippen LogP contribution is 2.29. The number of morpholine rings is 1. The number of thiophene rings is 1. The molecule has 19 heavy (non-hydrogen) atoms. The second-order valence-corrected chi connectivity index (χ2v) is 5.67. The molecule has 0 spiro atoms. The average Bonchev–Trinajstić information content (AvgIpc) is 2.80. The van der Waals surface area contributed by atoms with E-state index < -0.39 is 0 Å². The van der Waals surface area contributed by atoms with Crippen molar-refractivity contribution in [3.05, 3.63) is 10.9 Å². The van der Waals surface area contributed by atoms with Crippen molar-refractivity contribution in [2.24, 2.45) is 0 Å². The van der Waals surface area contributed by atoms with Crippen molar-refractivity contribution in [1.82, 2.24) is 15.0 Å². The summed E-state index contributed by atoms with van der Waals surface area (Å²) < 4.78 is 5.35. The predicted octanol–water partition coefficient (Wildman–Crippen LogP) is 1.70. The van der Waals surface area contributed by atoms with Gasteiger partial charge in [0.2, 0.25) is 5.95 Å². The smallest absolute Gasteiger partial charge is 0.225 e. The maximum atomic E-state index is 5.35. The van der Waals surface area contributed by atoms with E-state index in [9.17, 15) is 0 Å². The molecule has 2 N–H and O–H groups in total. The first-order valence-electron chi connectivity index (χ1n) is 6.31. The van der Waals surface area contributed by atoms with E-state index in [1.54, 1.807) is 11.3 Å². The molecule has 2 aromatic rings. The topological polar surface area (TPSA) is 62.3 Å². The van der Waals surface area contributed by atoms with Gasteiger partial charge in [0.15, 0.2) is 5.82 Å². The molecular weight excluding hydrogens is 262 g/mol. The Morgan fingerprint density at radius 3 is 2.84 bits per heavy atom. The Morgan fingerprint density at radius 2 is 2.11 bits per heavy atom. The van der Waals surface area contributed by atoms with Crippen molar-refractivity contribution in [2.45, 2.75) is 6.92 Å². The summed E-state index contributed by atoms with van der Waals surface area (Å²) in [5.74, 6) is 1.51. The first-order chi connectivity index (χ1) is 9.26. The van der Waals surface area contributed by atoms with Crippen LogP contribution in [0.3, 0.4) is 0 Å². The molecule has 0 radical (unpaired) electrons. The van der Waals surface area contributed by atoms with E-state index in [4.69, 9.17) is 4.74 Å². The zero-order chi connectivity index (χ0) is 13.2. The lowest BCUT2D eigenvalue weighted by Gasteiger charge is -2.27. The van der Waals surface area contributed by atoms with E-state index in [-0.39, 0.29) is 0 Å². The number of nitrogens with one attached hydrogen (secondary N) is 2. The number of fused-ring (bicyclic) bond motifs is 1. The molecule has 1 saturated heterocycles. The van der Waals surface area contributed by atoms with E-state index in [2.05, 4.69) is 38.7 Å². The van der Waals surface area contributed by atoms with Crippen molar-refractivity contribution in [1.29, 1.82) is 0 Å². The zero-order valence-electron chi connectivity index (χ0n) is 11.1. The number of anilines is 2. The highest BCUT2D eigenvalue weighted by Gasteiger charge is 2.15. The molecule has 3 heterocycles. The number of nitrogens with zero attached hydrogens (tertiary/aromatic N) is 3. The predicted molar refractivity (Wildman–Crippen MR) is 77.7 cm³/mol. The molecule has 3 rings (SSSR count). The van der Waals surface area contributed by atoms with Crippen molar-refractivity contribution in [3.63, 3.8) is 0 Å². The monoisotopic (exact) mass is 279 g/mol. The quantitative estimate of drug-likeness (QED) is 0.891. The third-order valence-electron chi connectivity index (χ3n) is 3.01. The SMILES string of the molecule is CNc1nc(NN2CCOCC2)c2cc(C)sc2n1. The number of rotatable bonds is 3. The standard InChI is InChI=1S/C12H17N5OS/c1-8-7-9-10(16-17-3-5-18-6-4-17)14-12(13-2)15-11(9)19-8/h7H,3-6H2,1-2H3,(H2,13,14,15,16). The maximum absolute atomic E-state index is 5.35. The van der Waals surface area contributed by atoms with Gasteiger partial charge < -0.3 is 15.5 Å². The first kappa shape index (κ1) is 12.6. The highest BCUT2D eigenvalue weighted by molar-refractivity contribution is 7.18. The summed E-state index contributed by atoms with van der Waals surface area (Å²) in [5, 5.41) is 6.22. The summed E-state index contributed by atoms with van der Waals surface area (Å²) in [6.45, 7) is 5.32. The lowest BCUT2D eigenvalue weighted by molar-refractivity contribution is 0.0495. The van der Waals surface area contributed by atoms with Crippen LogP contribution in [0.5, 0.6) is 0 Å². The molecule has 102 valence electrons. The minimum atomic E-state index is 0.644. The summed E-state index contributed by atoms with van der Waals surface area (Å²) in [4.78, 5) is 11.2. The summed E-state index contributed by atoms with van der Waals surface area (Å²) >= 11 is 1.68. The number of hydrazine groups is 1. The van der Waals surface area contributed by atoms with Crippen LogP contribution in [0.25, 0.3) is 10.2 Å². The summed E-state index contributed by atoms with van der Waals surface area (Å²) in [6.07, 6.45) is 0. The van der Waals surface area contributed by atoms with E-state index in [1.165, 1.54) is 4.88 Å². The van der Waals surface area contributed by atoms with E-state index >= 15 is 0 Å². The Labute approximate surface area is 115 Å². The van der Waals surface area contributed by atoms with Crippen LogP contribution in [0.15, 0.2) is 6.07 Å². The van der Waals surface area contributed by atoms with Gasteiger partial charge in [-0.25, -0.2) is 9.99 Å². The molecule has 6 nitrogen and oxygen atoms in total. The normalized spacial score (nSPS) is 16.7. The summed E-state index contributed by atoms with van der Waals surface area (Å²) in [6, 6.07) is 2.13. The number of aromatic nitrogens is 2. The molecule has 1 fully saturated rings. The van der Waals surface area contributed by atoms with Crippen molar-refractivity contribution in [2.75, 3.05) is 44.1 Å². The lowest BCUT2D eigenvalue weighted by Crippen LogP contribution is -2.40. The van der Waals surface area contributed by atoms with Crippen LogP contribution in [0.1, 0.15) is 4.88 Å². The molecule has 0 amide bonds. The molecule has 0 unspecified atom stereocenters. The third kappa shape index (κ3) is 2.63. The van der Waals surface area contributed by atoms with E-state index in [1.807, 2.05) is 7.05 Å². The van der Waals surface area contributed by atoms with Gasteiger partial charge >= 0.3 is 0 Å². The fraction of sp³-hybridized carbons (Fsp3) is 0.500. The maximum Gasteiger partial charge on any atom is 0.225 e. The molecule has 0 bridgehead atoms. The van der Waals surface area contributed by atoms with Crippen molar-refractivity contribution >= 4 is 33.3 Å². The van der Waals surface area contributed by atoms with Gasteiger partial charge in [-0.2, -0.15) is 4.98 Å². The molecule has 0 aliphatic carbocycles. The molecule has 1 aliphatic heterocycles. The summed E-state index contributed by atoms with van der Waals surface area (Å²) in [5.41, 5.74) is 3.38. The number of hydrogen-bond donors (Lipinski definition) is 2. The Morgan fingerprint density at radius 1 is 1.32 bits per heavy atom. The average molecular weight is 279 g/mol. The van der Waals surface area contributed by atoms with E-state index in [0.29, 0.717) is 5.95 Å². The van der Waals surface area contributed by atoms with Crippen LogP contribution in [-0.4, -0.2) is 48.3 Å². The molecule has 7 heteroatoms. The Hall–Kier alpha value is -1.44. The fourth-order valence-corrected chi connectivity index (χ4v) is 2.94. The zero-order valence-corrected chi connectivity index (χ0v) is 11.9. The molecule has 0 atom stereocenters. The molecule has 2 aromatic heterocycles.